The van der Waals surface area contributed by atoms with Crippen LogP contribution in [0.5, 0.6) is 0 Å². The molecule has 2 heterocycles. The first-order chi connectivity index (χ1) is 11.8. The number of carbonyl (C=O) groups is 1. The van der Waals surface area contributed by atoms with Crippen molar-refractivity contribution in [3.05, 3.63) is 23.9 Å². The van der Waals surface area contributed by atoms with Crippen LogP contribution < -0.4 is 4.90 Å². The summed E-state index contributed by atoms with van der Waals surface area (Å²) in [4.78, 5) is 21.2. The monoisotopic (exact) mass is 347 g/mol. The van der Waals surface area contributed by atoms with Crippen molar-refractivity contribution in [1.82, 2.24) is 9.88 Å². The van der Waals surface area contributed by atoms with Gasteiger partial charge in [-0.25, -0.2) is 9.78 Å². The minimum atomic E-state index is -0.508. The molecule has 25 heavy (non-hydrogen) atoms. The summed E-state index contributed by atoms with van der Waals surface area (Å²) in [6.45, 7) is 9.53. The molecule has 0 saturated carbocycles. The zero-order chi connectivity index (χ0) is 18.4. The number of carbonyl (C=O) groups excluding carboxylic acids is 1. The van der Waals surface area contributed by atoms with Gasteiger partial charge in [0.05, 0.1) is 0 Å². The van der Waals surface area contributed by atoms with Crippen LogP contribution in [0.25, 0.3) is 0 Å². The average molecular weight is 348 g/mol. The summed E-state index contributed by atoms with van der Waals surface area (Å²) in [6, 6.07) is 4.50. The number of amides is 1. The van der Waals surface area contributed by atoms with E-state index in [1.165, 1.54) is 24.8 Å². The van der Waals surface area contributed by atoms with E-state index in [-0.39, 0.29) is 6.09 Å². The molecule has 0 aliphatic carbocycles. The highest BCUT2D eigenvalue weighted by atomic mass is 16.6. The van der Waals surface area contributed by atoms with Gasteiger partial charge in [-0.1, -0.05) is 25.8 Å². The van der Waals surface area contributed by atoms with Crippen molar-refractivity contribution in [2.75, 3.05) is 25.0 Å². The van der Waals surface area contributed by atoms with Crippen LogP contribution in [0.2, 0.25) is 0 Å². The zero-order valence-corrected chi connectivity index (χ0v) is 16.4. The number of pyridine rings is 1. The molecule has 0 radical (unpaired) electrons. The van der Waals surface area contributed by atoms with Gasteiger partial charge in [0.2, 0.25) is 0 Å². The lowest BCUT2D eigenvalue weighted by Crippen LogP contribution is -2.38. The highest BCUT2D eigenvalue weighted by molar-refractivity contribution is 5.86. The quantitative estimate of drug-likeness (QED) is 0.769. The molecule has 1 fully saturated rings. The molecule has 0 unspecified atom stereocenters. The summed E-state index contributed by atoms with van der Waals surface area (Å²) in [5.74, 6) is 0.671. The fourth-order valence-electron chi connectivity index (χ4n) is 3.18. The third-order valence-corrected chi connectivity index (χ3v) is 4.55. The van der Waals surface area contributed by atoms with E-state index in [1.807, 2.05) is 33.0 Å². The lowest BCUT2D eigenvalue weighted by molar-refractivity contribution is 0.0578. The van der Waals surface area contributed by atoms with Crippen LogP contribution in [0.15, 0.2) is 18.3 Å². The largest absolute Gasteiger partial charge is 0.443 e. The van der Waals surface area contributed by atoms with Gasteiger partial charge in [-0.15, -0.1) is 0 Å². The van der Waals surface area contributed by atoms with Crippen LogP contribution >= 0.6 is 0 Å². The Bertz CT molecular complexity index is 551. The van der Waals surface area contributed by atoms with Crippen LogP contribution in [-0.4, -0.2) is 41.7 Å². The van der Waals surface area contributed by atoms with Crippen LogP contribution in [0, 0.1) is 0 Å². The van der Waals surface area contributed by atoms with Crippen LogP contribution in [-0.2, 0) is 4.74 Å². The third kappa shape index (κ3) is 5.70. The van der Waals surface area contributed by atoms with Crippen molar-refractivity contribution in [3.63, 3.8) is 0 Å². The van der Waals surface area contributed by atoms with E-state index in [4.69, 9.17) is 4.74 Å². The van der Waals surface area contributed by atoms with Gasteiger partial charge in [-0.2, -0.15) is 0 Å². The number of aromatic nitrogens is 1. The molecule has 1 saturated heterocycles. The second kappa shape index (κ2) is 8.65. The van der Waals surface area contributed by atoms with Gasteiger partial charge in [-0.3, -0.25) is 9.80 Å². The molecular formula is C20H33N3O2. The van der Waals surface area contributed by atoms with Crippen molar-refractivity contribution in [2.45, 2.75) is 71.4 Å². The Labute approximate surface area is 152 Å². The molecule has 140 valence electrons. The van der Waals surface area contributed by atoms with Gasteiger partial charge < -0.3 is 4.74 Å². The van der Waals surface area contributed by atoms with E-state index >= 15 is 0 Å². The summed E-state index contributed by atoms with van der Waals surface area (Å²) < 4.78 is 5.55. The van der Waals surface area contributed by atoms with Crippen LogP contribution in [0.4, 0.5) is 10.6 Å². The lowest BCUT2D eigenvalue weighted by Gasteiger charge is -2.33. The summed E-state index contributed by atoms with van der Waals surface area (Å²) in [7, 11) is 2.17. The fraction of sp³-hybridized carbons (Fsp3) is 0.700. The smallest absolute Gasteiger partial charge is 0.416 e. The summed E-state index contributed by atoms with van der Waals surface area (Å²) >= 11 is 0. The highest BCUT2D eigenvalue weighted by Gasteiger charge is 2.25. The molecule has 1 aromatic heterocycles. The van der Waals surface area contributed by atoms with Crippen molar-refractivity contribution < 1.29 is 9.53 Å². The Hall–Kier alpha value is -1.62. The molecule has 5 nitrogen and oxygen atoms in total. The van der Waals surface area contributed by atoms with Crippen LogP contribution in [0.1, 0.15) is 71.4 Å². The molecule has 1 atom stereocenters. The number of hydrogen-bond donors (Lipinski definition) is 0. The van der Waals surface area contributed by atoms with E-state index in [9.17, 15) is 4.79 Å². The number of nitrogens with zero attached hydrogens (tertiary/aromatic N) is 3. The summed E-state index contributed by atoms with van der Waals surface area (Å²) in [5.41, 5.74) is 0.720. The molecule has 0 aromatic carbocycles. The second-order valence-corrected chi connectivity index (χ2v) is 7.93. The Kier molecular flexibility index (Phi) is 6.82. The predicted molar refractivity (Wildman–Crippen MR) is 102 cm³/mol. The Morgan fingerprint density at radius 1 is 1.36 bits per heavy atom. The lowest BCUT2D eigenvalue weighted by atomic mass is 9.97. The Morgan fingerprint density at radius 3 is 2.68 bits per heavy atom. The molecule has 5 heteroatoms. The molecule has 0 bridgehead atoms. The number of hydrogen-bond acceptors (Lipinski definition) is 4. The van der Waals surface area contributed by atoms with E-state index in [2.05, 4.69) is 29.9 Å². The first-order valence-corrected chi connectivity index (χ1v) is 9.48. The molecular weight excluding hydrogens is 314 g/mol. The maximum Gasteiger partial charge on any atom is 0.416 e. The normalized spacial score (nSPS) is 18.8. The number of unbranched alkanes of at least 4 members (excludes halogenated alkanes) is 1. The minimum absolute atomic E-state index is 0.323. The molecule has 1 aliphatic rings. The van der Waals surface area contributed by atoms with Crippen molar-refractivity contribution in [2.24, 2.45) is 0 Å². The number of anilines is 1. The molecule has 0 N–H and O–H groups in total. The third-order valence-electron chi connectivity index (χ3n) is 4.55. The van der Waals surface area contributed by atoms with E-state index in [0.717, 1.165) is 19.4 Å². The first kappa shape index (κ1) is 19.7. The maximum atomic E-state index is 12.6. The zero-order valence-electron chi connectivity index (χ0n) is 16.4. The second-order valence-electron chi connectivity index (χ2n) is 7.93. The number of rotatable bonds is 5. The SMILES string of the molecule is CCCCN(C(=O)OC(C)(C)C)c1ccc([C@H]2CCCCN2C)cn1. The van der Waals surface area contributed by atoms with Crippen LogP contribution in [0.3, 0.4) is 0 Å². The molecule has 1 aromatic rings. The van der Waals surface area contributed by atoms with Gasteiger partial charge in [0.1, 0.15) is 11.4 Å². The first-order valence-electron chi connectivity index (χ1n) is 9.48. The number of piperidine rings is 1. The average Bonchev–Trinajstić information content (AvgIpc) is 2.55. The van der Waals surface area contributed by atoms with Gasteiger partial charge in [-0.05, 0) is 65.3 Å². The van der Waals surface area contributed by atoms with Crippen molar-refractivity contribution in [3.8, 4) is 0 Å². The van der Waals surface area contributed by atoms with Gasteiger partial charge in [0, 0.05) is 18.8 Å². The molecule has 1 amide bonds. The standard InChI is InChI=1S/C20H33N3O2/c1-6-7-14-23(19(24)25-20(2,3)4)18-12-11-16(15-21-18)17-10-8-9-13-22(17)5/h11-12,15,17H,6-10,13-14H2,1-5H3/t17-/m1/s1. The summed E-state index contributed by atoms with van der Waals surface area (Å²) in [5, 5.41) is 0. The van der Waals surface area contributed by atoms with Crippen molar-refractivity contribution >= 4 is 11.9 Å². The minimum Gasteiger partial charge on any atom is -0.443 e. The van der Waals surface area contributed by atoms with Gasteiger partial charge >= 0.3 is 6.09 Å². The molecule has 0 spiro atoms. The Morgan fingerprint density at radius 2 is 2.12 bits per heavy atom. The number of ether oxygens (including phenoxy) is 1. The predicted octanol–water partition coefficient (Wildman–Crippen LogP) is 4.78. The van der Waals surface area contributed by atoms with Crippen molar-refractivity contribution in [1.29, 1.82) is 0 Å². The molecule has 2 rings (SSSR count). The number of likely N-dealkylation sites (tertiary alicyclic amines) is 1. The Balaban J connectivity index is 2.15. The summed E-state index contributed by atoms with van der Waals surface area (Å²) in [6.07, 6.45) is 7.24. The van der Waals surface area contributed by atoms with E-state index in [1.54, 1.807) is 4.90 Å². The van der Waals surface area contributed by atoms with E-state index in [0.29, 0.717) is 18.4 Å². The van der Waals surface area contributed by atoms with Gasteiger partial charge in [0.15, 0.2) is 0 Å². The van der Waals surface area contributed by atoms with E-state index < -0.39 is 5.60 Å². The highest BCUT2D eigenvalue weighted by Crippen LogP contribution is 2.30. The topological polar surface area (TPSA) is 45.7 Å². The maximum absolute atomic E-state index is 12.6. The molecule has 1 aliphatic heterocycles. The fourth-order valence-corrected chi connectivity index (χ4v) is 3.18. The van der Waals surface area contributed by atoms with Gasteiger partial charge in [0.25, 0.3) is 0 Å².